The average molecular weight is 475 g/mol. The summed E-state index contributed by atoms with van der Waals surface area (Å²) < 4.78 is 12.8. The van der Waals surface area contributed by atoms with Gasteiger partial charge in [-0.3, -0.25) is 9.36 Å². The highest BCUT2D eigenvalue weighted by Gasteiger charge is 2.28. The van der Waals surface area contributed by atoms with Gasteiger partial charge in [-0.25, -0.2) is 4.79 Å². The first-order valence-electron chi connectivity index (χ1n) is 10.5. The first kappa shape index (κ1) is 22.8. The summed E-state index contributed by atoms with van der Waals surface area (Å²) in [6, 6.07) is 4.00. The highest BCUT2D eigenvalue weighted by molar-refractivity contribution is 8.00. The number of esters is 1. The maximum Gasteiger partial charge on any atom is 0.339 e. The molecule has 0 aliphatic carbocycles. The van der Waals surface area contributed by atoms with Crippen LogP contribution in [0, 0.1) is 13.8 Å². The molecule has 0 amide bonds. The lowest BCUT2D eigenvalue weighted by Gasteiger charge is -2.16. The second-order valence-electron chi connectivity index (χ2n) is 7.77. The fourth-order valence-electron chi connectivity index (χ4n) is 3.94. The van der Waals surface area contributed by atoms with Gasteiger partial charge in [-0.1, -0.05) is 17.8 Å². The second-order valence-corrected chi connectivity index (χ2v) is 10.0. The van der Waals surface area contributed by atoms with Gasteiger partial charge in [-0.05, 0) is 50.6 Å². The van der Waals surface area contributed by atoms with E-state index in [4.69, 9.17) is 9.47 Å². The summed E-state index contributed by atoms with van der Waals surface area (Å²) in [6.07, 6.45) is 2.16. The van der Waals surface area contributed by atoms with Crippen LogP contribution < -0.4 is 0 Å². The first-order chi connectivity index (χ1) is 15.4. The molecule has 2 unspecified atom stereocenters. The van der Waals surface area contributed by atoms with Crippen molar-refractivity contribution in [3.63, 3.8) is 0 Å². The number of carbonyl (C=O) groups excluding carboxylic acids is 2. The Morgan fingerprint density at radius 2 is 2.22 bits per heavy atom. The molecule has 1 aliphatic rings. The maximum atomic E-state index is 13.3. The van der Waals surface area contributed by atoms with Crippen molar-refractivity contribution in [2.75, 3.05) is 13.7 Å². The van der Waals surface area contributed by atoms with E-state index in [1.54, 1.807) is 25.2 Å². The van der Waals surface area contributed by atoms with Crippen molar-refractivity contribution < 1.29 is 19.1 Å². The van der Waals surface area contributed by atoms with Crippen LogP contribution in [0.5, 0.6) is 0 Å². The van der Waals surface area contributed by atoms with Crippen molar-refractivity contribution in [3.05, 3.63) is 40.0 Å². The number of hydrogen-bond donors (Lipinski definition) is 1. The summed E-state index contributed by atoms with van der Waals surface area (Å²) in [5.74, 6) is 0.236. The van der Waals surface area contributed by atoms with Gasteiger partial charge >= 0.3 is 5.97 Å². The molecule has 0 radical (unpaired) electrons. The highest BCUT2D eigenvalue weighted by atomic mass is 32.2. The molecule has 1 saturated heterocycles. The smallest absolute Gasteiger partial charge is 0.339 e. The van der Waals surface area contributed by atoms with Gasteiger partial charge in [0.2, 0.25) is 0 Å². The lowest BCUT2D eigenvalue weighted by atomic mass is 10.1. The minimum absolute atomic E-state index is 0.102. The Kier molecular flexibility index (Phi) is 6.82. The largest absolute Gasteiger partial charge is 0.465 e. The van der Waals surface area contributed by atoms with Crippen molar-refractivity contribution in [2.24, 2.45) is 0 Å². The molecule has 1 aliphatic heterocycles. The standard InChI is InChI=1S/C22H26N4O4S2/c1-12-17(21(28)29-4)13(2)23-18(12)19(27)14(3)32-22-25-24-20(16-8-6-10-31-16)26(22)11-15-7-5-9-30-15/h6,8,10,14-15,23H,5,7,9,11H2,1-4H3. The first-order valence-corrected chi connectivity index (χ1v) is 12.2. The number of H-pyrrole nitrogens is 1. The fourth-order valence-corrected chi connectivity index (χ4v) is 5.57. The number of methoxy groups -OCH3 is 1. The van der Waals surface area contributed by atoms with E-state index in [0.29, 0.717) is 34.2 Å². The molecule has 1 fully saturated rings. The van der Waals surface area contributed by atoms with Crippen LogP contribution in [0.2, 0.25) is 0 Å². The van der Waals surface area contributed by atoms with Crippen LogP contribution in [-0.4, -0.2) is 56.6 Å². The predicted octanol–water partition coefficient (Wildman–Crippen LogP) is 4.28. The zero-order chi connectivity index (χ0) is 22.8. The van der Waals surface area contributed by atoms with Crippen LogP contribution in [0.25, 0.3) is 10.7 Å². The summed E-state index contributed by atoms with van der Waals surface area (Å²) in [6.45, 7) is 6.79. The Balaban J connectivity index is 1.60. The number of thiophene rings is 1. The molecule has 8 nitrogen and oxygen atoms in total. The van der Waals surface area contributed by atoms with Gasteiger partial charge < -0.3 is 14.5 Å². The van der Waals surface area contributed by atoms with Gasteiger partial charge in [0.15, 0.2) is 16.8 Å². The van der Waals surface area contributed by atoms with Crippen LogP contribution in [0.4, 0.5) is 0 Å². The molecule has 1 N–H and O–H groups in total. The van der Waals surface area contributed by atoms with Gasteiger partial charge in [0.25, 0.3) is 0 Å². The lowest BCUT2D eigenvalue weighted by molar-refractivity contribution is 0.0599. The number of Topliss-reactive ketones (excluding diaryl/α,β-unsaturated/α-hetero) is 1. The number of hydrogen-bond acceptors (Lipinski definition) is 8. The van der Waals surface area contributed by atoms with E-state index < -0.39 is 11.2 Å². The number of nitrogens with zero attached hydrogens (tertiary/aromatic N) is 3. The van der Waals surface area contributed by atoms with E-state index >= 15 is 0 Å². The molecule has 0 bridgehead atoms. The fraction of sp³-hybridized carbons (Fsp3) is 0.455. The Bertz CT molecular complexity index is 1110. The van der Waals surface area contributed by atoms with Gasteiger partial charge in [-0.15, -0.1) is 21.5 Å². The monoisotopic (exact) mass is 474 g/mol. The highest BCUT2D eigenvalue weighted by Crippen LogP contribution is 2.32. The number of thioether (sulfide) groups is 1. The van der Waals surface area contributed by atoms with Crippen molar-refractivity contribution in [1.82, 2.24) is 19.7 Å². The number of aromatic nitrogens is 4. The normalized spacial score (nSPS) is 16.9. The van der Waals surface area contributed by atoms with E-state index in [1.165, 1.54) is 18.9 Å². The Morgan fingerprint density at radius 1 is 1.41 bits per heavy atom. The van der Waals surface area contributed by atoms with Crippen LogP contribution >= 0.6 is 23.1 Å². The Labute approximate surface area is 194 Å². The summed E-state index contributed by atoms with van der Waals surface area (Å²) >= 11 is 2.97. The second kappa shape index (κ2) is 9.60. The van der Waals surface area contributed by atoms with E-state index in [0.717, 1.165) is 30.2 Å². The van der Waals surface area contributed by atoms with Crippen LogP contribution in [-0.2, 0) is 16.0 Å². The number of carbonyl (C=O) groups is 2. The van der Waals surface area contributed by atoms with Crippen molar-refractivity contribution >= 4 is 34.9 Å². The minimum Gasteiger partial charge on any atom is -0.465 e. The third-order valence-corrected chi connectivity index (χ3v) is 7.54. The predicted molar refractivity (Wildman–Crippen MR) is 124 cm³/mol. The van der Waals surface area contributed by atoms with E-state index in [9.17, 15) is 9.59 Å². The summed E-state index contributed by atoms with van der Waals surface area (Å²) in [5, 5.41) is 11.1. The SMILES string of the molecule is COC(=O)c1c(C)[nH]c(C(=O)C(C)Sc2nnc(-c3cccs3)n2CC2CCCO2)c1C. The number of nitrogens with one attached hydrogen (secondary N) is 1. The van der Waals surface area contributed by atoms with Crippen molar-refractivity contribution in [3.8, 4) is 10.7 Å². The van der Waals surface area contributed by atoms with Crippen molar-refractivity contribution in [2.45, 2.75) is 56.7 Å². The Morgan fingerprint density at radius 3 is 2.88 bits per heavy atom. The molecule has 0 aromatic carbocycles. The number of aromatic amines is 1. The molecule has 10 heteroatoms. The van der Waals surface area contributed by atoms with E-state index in [2.05, 4.69) is 19.7 Å². The molecular weight excluding hydrogens is 448 g/mol. The molecule has 4 rings (SSSR count). The molecule has 32 heavy (non-hydrogen) atoms. The van der Waals surface area contributed by atoms with Gasteiger partial charge in [0.1, 0.15) is 0 Å². The Hall–Kier alpha value is -2.43. The number of ketones is 1. The molecular formula is C22H26N4O4S2. The molecule has 3 aromatic heterocycles. The zero-order valence-electron chi connectivity index (χ0n) is 18.5. The minimum atomic E-state index is -0.451. The number of ether oxygens (including phenoxy) is 2. The van der Waals surface area contributed by atoms with Crippen LogP contribution in [0.3, 0.4) is 0 Å². The summed E-state index contributed by atoms with van der Waals surface area (Å²) in [4.78, 5) is 29.4. The molecule has 3 aromatic rings. The molecule has 0 spiro atoms. The van der Waals surface area contributed by atoms with E-state index in [-0.39, 0.29) is 11.9 Å². The lowest BCUT2D eigenvalue weighted by Crippen LogP contribution is -2.19. The number of aryl methyl sites for hydroxylation is 1. The quantitative estimate of drug-likeness (QED) is 0.295. The van der Waals surface area contributed by atoms with E-state index in [1.807, 2.05) is 24.4 Å². The van der Waals surface area contributed by atoms with Gasteiger partial charge in [0.05, 0.1) is 41.1 Å². The number of rotatable bonds is 8. The summed E-state index contributed by atoms with van der Waals surface area (Å²) in [7, 11) is 1.33. The average Bonchev–Trinajstić information content (AvgIpc) is 3.57. The van der Waals surface area contributed by atoms with Gasteiger partial charge in [0, 0.05) is 12.3 Å². The maximum absolute atomic E-state index is 13.3. The topological polar surface area (TPSA) is 99.1 Å². The third kappa shape index (κ3) is 4.39. The molecule has 2 atom stereocenters. The van der Waals surface area contributed by atoms with Gasteiger partial charge in [-0.2, -0.15) is 0 Å². The third-order valence-electron chi connectivity index (χ3n) is 5.59. The zero-order valence-corrected chi connectivity index (χ0v) is 20.1. The summed E-state index contributed by atoms with van der Waals surface area (Å²) in [5.41, 5.74) is 2.06. The molecule has 4 heterocycles. The van der Waals surface area contributed by atoms with Crippen molar-refractivity contribution in [1.29, 1.82) is 0 Å². The van der Waals surface area contributed by atoms with Crippen LogP contribution in [0.1, 0.15) is 51.9 Å². The molecule has 0 saturated carbocycles. The molecule has 170 valence electrons. The van der Waals surface area contributed by atoms with Crippen LogP contribution in [0.15, 0.2) is 22.7 Å².